The molecule has 0 aliphatic rings. The Morgan fingerprint density at radius 1 is 1.18 bits per heavy atom. The molecule has 0 aromatic carbocycles. The summed E-state index contributed by atoms with van der Waals surface area (Å²) in [6, 6.07) is 0. The summed E-state index contributed by atoms with van der Waals surface area (Å²) in [5.74, 6) is -0.343. The van der Waals surface area contributed by atoms with E-state index in [9.17, 15) is 9.59 Å². The number of hydrogen-bond acceptors (Lipinski definition) is 4. The second-order valence-electron chi connectivity index (χ2n) is 5.34. The summed E-state index contributed by atoms with van der Waals surface area (Å²) in [4.78, 5) is 24.9. The SMILES string of the molecule is CCOC(=O)c1scc(C)c1NC(=O)C[P+](CC)(CC)CC. The van der Waals surface area contributed by atoms with E-state index < -0.39 is 7.26 Å². The van der Waals surface area contributed by atoms with Crippen LogP contribution in [0.1, 0.15) is 42.9 Å². The Hall–Kier alpha value is -0.930. The van der Waals surface area contributed by atoms with E-state index >= 15 is 0 Å². The lowest BCUT2D eigenvalue weighted by Crippen LogP contribution is -2.23. The average molecular weight is 344 g/mol. The van der Waals surface area contributed by atoms with Crippen LogP contribution in [-0.4, -0.2) is 43.1 Å². The highest BCUT2D eigenvalue weighted by Crippen LogP contribution is 2.57. The first-order chi connectivity index (χ1) is 10.4. The van der Waals surface area contributed by atoms with Gasteiger partial charge in [0, 0.05) is 7.26 Å². The molecule has 22 heavy (non-hydrogen) atoms. The molecule has 0 aliphatic heterocycles. The zero-order valence-electron chi connectivity index (χ0n) is 14.2. The van der Waals surface area contributed by atoms with Crippen molar-refractivity contribution >= 4 is 36.2 Å². The van der Waals surface area contributed by atoms with E-state index in [1.54, 1.807) is 6.92 Å². The lowest BCUT2D eigenvalue weighted by molar-refractivity contribution is -0.113. The largest absolute Gasteiger partial charge is 0.462 e. The van der Waals surface area contributed by atoms with Crippen LogP contribution in [0.3, 0.4) is 0 Å². The van der Waals surface area contributed by atoms with Crippen molar-refractivity contribution in [3.05, 3.63) is 15.8 Å². The Morgan fingerprint density at radius 3 is 2.27 bits per heavy atom. The topological polar surface area (TPSA) is 55.4 Å². The third kappa shape index (κ3) is 4.53. The minimum Gasteiger partial charge on any atom is -0.462 e. The highest BCUT2D eigenvalue weighted by atomic mass is 32.1. The molecule has 1 aromatic heterocycles. The lowest BCUT2D eigenvalue weighted by Gasteiger charge is -2.22. The zero-order chi connectivity index (χ0) is 16.8. The molecule has 4 nitrogen and oxygen atoms in total. The molecule has 1 N–H and O–H groups in total. The maximum atomic E-state index is 12.5. The molecule has 0 radical (unpaired) electrons. The summed E-state index contributed by atoms with van der Waals surface area (Å²) in [7, 11) is -1.20. The fraction of sp³-hybridized carbons (Fsp3) is 0.625. The first kappa shape index (κ1) is 19.1. The van der Waals surface area contributed by atoms with Gasteiger partial charge in [-0.3, -0.25) is 4.79 Å². The summed E-state index contributed by atoms with van der Waals surface area (Å²) in [6.45, 7) is 10.5. The van der Waals surface area contributed by atoms with Gasteiger partial charge in [0.05, 0.1) is 30.8 Å². The molecule has 0 aliphatic carbocycles. The van der Waals surface area contributed by atoms with Crippen molar-refractivity contribution in [1.82, 2.24) is 0 Å². The smallest absolute Gasteiger partial charge is 0.350 e. The number of thiophene rings is 1. The highest BCUT2D eigenvalue weighted by molar-refractivity contribution is 7.76. The van der Waals surface area contributed by atoms with Crippen LogP contribution in [0.15, 0.2) is 5.38 Å². The molecule has 1 amide bonds. The summed E-state index contributed by atoms with van der Waals surface area (Å²) in [6.07, 6.45) is 3.84. The van der Waals surface area contributed by atoms with Crippen molar-refractivity contribution in [2.24, 2.45) is 0 Å². The Labute approximate surface area is 138 Å². The predicted molar refractivity (Wildman–Crippen MR) is 97.1 cm³/mol. The molecule has 1 heterocycles. The van der Waals surface area contributed by atoms with E-state index in [0.717, 1.165) is 24.0 Å². The van der Waals surface area contributed by atoms with Gasteiger partial charge in [0.1, 0.15) is 11.0 Å². The summed E-state index contributed by atoms with van der Waals surface area (Å²) in [5.41, 5.74) is 1.53. The van der Waals surface area contributed by atoms with E-state index in [4.69, 9.17) is 4.74 Å². The molecule has 0 unspecified atom stereocenters. The fourth-order valence-electron chi connectivity index (χ4n) is 2.44. The lowest BCUT2D eigenvalue weighted by atomic mass is 10.2. The van der Waals surface area contributed by atoms with Crippen LogP contribution in [0, 0.1) is 6.92 Å². The number of aryl methyl sites for hydroxylation is 1. The Bertz CT molecular complexity index is 515. The maximum absolute atomic E-state index is 12.5. The number of rotatable bonds is 8. The normalized spacial score (nSPS) is 11.3. The average Bonchev–Trinajstić information content (AvgIpc) is 2.86. The van der Waals surface area contributed by atoms with Crippen LogP contribution < -0.4 is 5.32 Å². The summed E-state index contributed by atoms with van der Waals surface area (Å²) < 4.78 is 5.06. The predicted octanol–water partition coefficient (Wildman–Crippen LogP) is 4.25. The minimum atomic E-state index is -1.20. The molecule has 6 heteroatoms. The van der Waals surface area contributed by atoms with Gasteiger partial charge >= 0.3 is 5.97 Å². The van der Waals surface area contributed by atoms with Gasteiger partial charge in [-0.1, -0.05) is 0 Å². The second kappa shape index (κ2) is 8.64. The third-order valence-electron chi connectivity index (χ3n) is 4.19. The first-order valence-electron chi connectivity index (χ1n) is 7.83. The second-order valence-corrected chi connectivity index (χ2v) is 11.1. The maximum Gasteiger partial charge on any atom is 0.350 e. The molecule has 124 valence electrons. The molecule has 0 bridgehead atoms. The molecule has 1 aromatic rings. The number of esters is 1. The number of carbonyl (C=O) groups is 2. The molecular formula is C16H27NO3PS+. The molecule has 0 saturated heterocycles. The molecule has 0 atom stereocenters. The van der Waals surface area contributed by atoms with Crippen LogP contribution in [0.4, 0.5) is 5.69 Å². The summed E-state index contributed by atoms with van der Waals surface area (Å²) in [5, 5.41) is 4.83. The van der Waals surface area contributed by atoms with Crippen LogP contribution in [-0.2, 0) is 9.53 Å². The number of anilines is 1. The first-order valence-corrected chi connectivity index (χ1v) is 11.2. The molecule has 0 saturated carbocycles. The zero-order valence-corrected chi connectivity index (χ0v) is 15.9. The van der Waals surface area contributed by atoms with Crippen LogP contribution in [0.2, 0.25) is 0 Å². The highest BCUT2D eigenvalue weighted by Gasteiger charge is 2.34. The van der Waals surface area contributed by atoms with Gasteiger partial charge in [-0.05, 0) is 45.6 Å². The van der Waals surface area contributed by atoms with Crippen LogP contribution in [0.5, 0.6) is 0 Å². The van der Waals surface area contributed by atoms with E-state index in [1.165, 1.54) is 11.3 Å². The molecule has 0 fully saturated rings. The van der Waals surface area contributed by atoms with Crippen molar-refractivity contribution in [3.63, 3.8) is 0 Å². The van der Waals surface area contributed by atoms with Crippen molar-refractivity contribution in [2.45, 2.75) is 34.6 Å². The minimum absolute atomic E-state index is 0.0194. The van der Waals surface area contributed by atoms with Crippen LogP contribution >= 0.6 is 18.6 Å². The van der Waals surface area contributed by atoms with Crippen LogP contribution in [0.25, 0.3) is 0 Å². The van der Waals surface area contributed by atoms with E-state index in [-0.39, 0.29) is 11.9 Å². The van der Waals surface area contributed by atoms with Crippen molar-refractivity contribution in [3.8, 4) is 0 Å². The number of amides is 1. The number of carbonyl (C=O) groups excluding carboxylic acids is 2. The van der Waals surface area contributed by atoms with Crippen molar-refractivity contribution in [2.75, 3.05) is 36.6 Å². The van der Waals surface area contributed by atoms with E-state index in [0.29, 0.717) is 23.3 Å². The standard InChI is InChI=1S/C16H26NO3PS/c1-6-20-16(19)15-14(12(5)11-22-15)17-13(18)10-21(7-2,8-3)9-4/h11H,6-10H2,1-5H3/p+1. The van der Waals surface area contributed by atoms with E-state index in [1.807, 2.05) is 12.3 Å². The van der Waals surface area contributed by atoms with Crippen molar-refractivity contribution in [1.29, 1.82) is 0 Å². The van der Waals surface area contributed by atoms with Gasteiger partial charge in [0.15, 0.2) is 0 Å². The van der Waals surface area contributed by atoms with Gasteiger partial charge in [-0.15, -0.1) is 11.3 Å². The number of nitrogens with one attached hydrogen (secondary N) is 1. The molecular weight excluding hydrogens is 317 g/mol. The Balaban J connectivity index is 2.89. The van der Waals surface area contributed by atoms with Gasteiger partial charge in [0.25, 0.3) is 5.91 Å². The third-order valence-corrected chi connectivity index (χ3v) is 10.3. The Morgan fingerprint density at radius 2 is 1.77 bits per heavy atom. The fourth-order valence-corrected chi connectivity index (χ4v) is 6.03. The quantitative estimate of drug-likeness (QED) is 0.566. The van der Waals surface area contributed by atoms with Gasteiger partial charge in [-0.2, -0.15) is 0 Å². The van der Waals surface area contributed by atoms with Crippen molar-refractivity contribution < 1.29 is 14.3 Å². The Kier molecular flexibility index (Phi) is 7.51. The summed E-state index contributed by atoms with van der Waals surface area (Å²) >= 11 is 1.32. The number of hydrogen-bond donors (Lipinski definition) is 1. The monoisotopic (exact) mass is 344 g/mol. The molecule has 1 rings (SSSR count). The number of ether oxygens (including phenoxy) is 1. The van der Waals surface area contributed by atoms with E-state index in [2.05, 4.69) is 26.1 Å². The van der Waals surface area contributed by atoms with Gasteiger partial charge in [-0.25, -0.2) is 4.79 Å². The molecule has 0 spiro atoms. The van der Waals surface area contributed by atoms with Gasteiger partial charge < -0.3 is 10.1 Å². The van der Waals surface area contributed by atoms with Gasteiger partial charge in [0.2, 0.25) is 0 Å².